The van der Waals surface area contributed by atoms with Crippen molar-refractivity contribution in [2.24, 2.45) is 0 Å². The van der Waals surface area contributed by atoms with Crippen LogP contribution in [0.4, 0.5) is 0 Å². The number of benzene rings is 1. The van der Waals surface area contributed by atoms with E-state index in [1.807, 2.05) is 18.2 Å². The summed E-state index contributed by atoms with van der Waals surface area (Å²) in [7, 11) is 0. The molecule has 1 aromatic carbocycles. The van der Waals surface area contributed by atoms with Crippen LogP contribution in [0.5, 0.6) is 0 Å². The second-order valence-corrected chi connectivity index (χ2v) is 4.57. The fourth-order valence-electron chi connectivity index (χ4n) is 1.55. The normalized spacial score (nSPS) is 22.3. The Morgan fingerprint density at radius 2 is 2.36 bits per heavy atom. The molecule has 0 aromatic heterocycles. The van der Waals surface area contributed by atoms with Crippen molar-refractivity contribution < 1.29 is 4.74 Å². The summed E-state index contributed by atoms with van der Waals surface area (Å²) < 4.78 is 6.39. The second kappa shape index (κ2) is 4.62. The van der Waals surface area contributed by atoms with E-state index in [1.54, 1.807) is 0 Å². The van der Waals surface area contributed by atoms with Gasteiger partial charge >= 0.3 is 0 Å². The molecule has 1 heterocycles. The molecule has 1 fully saturated rings. The van der Waals surface area contributed by atoms with Gasteiger partial charge in [0.2, 0.25) is 0 Å². The molecule has 4 heteroatoms. The van der Waals surface area contributed by atoms with Crippen molar-refractivity contribution >= 4 is 27.5 Å². The Morgan fingerprint density at radius 1 is 1.50 bits per heavy atom. The Morgan fingerprint density at radius 3 is 3.00 bits per heavy atom. The quantitative estimate of drug-likeness (QED) is 0.852. The zero-order valence-electron chi connectivity index (χ0n) is 7.59. The maximum atomic E-state index is 6.14. The molecule has 1 saturated heterocycles. The van der Waals surface area contributed by atoms with Crippen molar-refractivity contribution in [3.05, 3.63) is 33.3 Å². The minimum absolute atomic E-state index is 0.226. The van der Waals surface area contributed by atoms with Crippen molar-refractivity contribution in [1.29, 1.82) is 0 Å². The zero-order chi connectivity index (χ0) is 9.97. The van der Waals surface area contributed by atoms with Crippen LogP contribution >= 0.6 is 27.5 Å². The van der Waals surface area contributed by atoms with Crippen LogP contribution in [-0.2, 0) is 4.74 Å². The summed E-state index contributed by atoms with van der Waals surface area (Å²) in [5, 5.41) is 4.15. The van der Waals surface area contributed by atoms with Crippen molar-refractivity contribution in [1.82, 2.24) is 5.32 Å². The fraction of sp³-hybridized carbons (Fsp3) is 0.400. The third-order valence-electron chi connectivity index (χ3n) is 2.26. The van der Waals surface area contributed by atoms with Gasteiger partial charge in [-0.25, -0.2) is 0 Å². The van der Waals surface area contributed by atoms with Gasteiger partial charge in [-0.15, -0.1) is 0 Å². The highest BCUT2D eigenvalue weighted by Gasteiger charge is 2.17. The van der Waals surface area contributed by atoms with Crippen LogP contribution in [0.1, 0.15) is 11.6 Å². The lowest BCUT2D eigenvalue weighted by Crippen LogP contribution is -2.34. The first-order valence-electron chi connectivity index (χ1n) is 4.53. The molecule has 2 rings (SSSR count). The summed E-state index contributed by atoms with van der Waals surface area (Å²) in [6.45, 7) is 2.36. The molecule has 0 bridgehead atoms. The first-order valence-corrected chi connectivity index (χ1v) is 5.70. The van der Waals surface area contributed by atoms with Gasteiger partial charge in [0, 0.05) is 16.0 Å². The lowest BCUT2D eigenvalue weighted by atomic mass is 10.1. The number of nitrogens with one attached hydrogen (secondary N) is 1. The third-order valence-corrected chi connectivity index (χ3v) is 3.08. The Labute approximate surface area is 96.7 Å². The molecule has 0 radical (unpaired) electrons. The van der Waals surface area contributed by atoms with Gasteiger partial charge in [0.25, 0.3) is 0 Å². The van der Waals surface area contributed by atoms with Crippen LogP contribution in [-0.4, -0.2) is 19.8 Å². The molecule has 14 heavy (non-hydrogen) atoms. The summed E-state index contributed by atoms with van der Waals surface area (Å²) in [5.74, 6) is 0. The van der Waals surface area contributed by atoms with Crippen molar-refractivity contribution in [2.75, 3.05) is 19.8 Å². The number of hydrogen-bond acceptors (Lipinski definition) is 2. The largest absolute Gasteiger partial charge is 0.378 e. The topological polar surface area (TPSA) is 21.3 Å². The Hall–Kier alpha value is -0.0900. The summed E-state index contributed by atoms with van der Waals surface area (Å²) in [4.78, 5) is 0. The molecular formula is C10H11BrClNO. The van der Waals surface area contributed by atoms with Gasteiger partial charge in [-0.1, -0.05) is 33.6 Å². The molecule has 0 saturated carbocycles. The average Bonchev–Trinajstić information content (AvgIpc) is 2.19. The molecule has 1 atom stereocenters. The predicted molar refractivity (Wildman–Crippen MR) is 60.7 cm³/mol. The van der Waals surface area contributed by atoms with Crippen LogP contribution in [0.2, 0.25) is 5.02 Å². The number of halogens is 2. The number of ether oxygens (including phenoxy) is 1. The molecule has 0 amide bonds. The predicted octanol–water partition coefficient (Wildman–Crippen LogP) is 2.76. The standard InChI is InChI=1S/C10H11BrClNO/c11-7-1-2-8(9(12)5-7)10-6-14-4-3-13-10/h1-2,5,10,13H,3-4,6H2. The van der Waals surface area contributed by atoms with Crippen LogP contribution in [0.3, 0.4) is 0 Å². The van der Waals surface area contributed by atoms with E-state index in [0.717, 1.165) is 28.2 Å². The molecule has 1 aliphatic heterocycles. The van der Waals surface area contributed by atoms with Crippen molar-refractivity contribution in [3.8, 4) is 0 Å². The molecular weight excluding hydrogens is 265 g/mol. The molecule has 0 aliphatic carbocycles. The third kappa shape index (κ3) is 2.28. The van der Waals surface area contributed by atoms with Gasteiger partial charge in [-0.3, -0.25) is 0 Å². The van der Waals surface area contributed by atoms with Crippen LogP contribution in [0, 0.1) is 0 Å². The summed E-state index contributed by atoms with van der Waals surface area (Å²) in [6, 6.07) is 6.16. The van der Waals surface area contributed by atoms with E-state index in [4.69, 9.17) is 16.3 Å². The Bertz CT molecular complexity index is 326. The monoisotopic (exact) mass is 275 g/mol. The number of rotatable bonds is 1. The maximum absolute atomic E-state index is 6.14. The molecule has 76 valence electrons. The second-order valence-electron chi connectivity index (χ2n) is 3.25. The van der Waals surface area contributed by atoms with E-state index in [1.165, 1.54) is 0 Å². The highest BCUT2D eigenvalue weighted by molar-refractivity contribution is 9.10. The smallest absolute Gasteiger partial charge is 0.0662 e. The van der Waals surface area contributed by atoms with Gasteiger partial charge in [0.05, 0.1) is 19.3 Å². The minimum Gasteiger partial charge on any atom is -0.378 e. The van der Waals surface area contributed by atoms with E-state index < -0.39 is 0 Å². The van der Waals surface area contributed by atoms with E-state index in [-0.39, 0.29) is 6.04 Å². The van der Waals surface area contributed by atoms with E-state index in [2.05, 4.69) is 21.2 Å². The maximum Gasteiger partial charge on any atom is 0.0662 e. The molecule has 1 aliphatic rings. The lowest BCUT2D eigenvalue weighted by molar-refractivity contribution is 0.0769. The highest BCUT2D eigenvalue weighted by Crippen LogP contribution is 2.27. The van der Waals surface area contributed by atoms with E-state index in [0.29, 0.717) is 6.61 Å². The van der Waals surface area contributed by atoms with Gasteiger partial charge in [-0.05, 0) is 17.7 Å². The average molecular weight is 277 g/mol. The minimum atomic E-state index is 0.226. The fourth-order valence-corrected chi connectivity index (χ4v) is 2.35. The lowest BCUT2D eigenvalue weighted by Gasteiger charge is -2.24. The van der Waals surface area contributed by atoms with Crippen molar-refractivity contribution in [3.63, 3.8) is 0 Å². The van der Waals surface area contributed by atoms with Crippen molar-refractivity contribution in [2.45, 2.75) is 6.04 Å². The molecule has 2 nitrogen and oxygen atoms in total. The highest BCUT2D eigenvalue weighted by atomic mass is 79.9. The molecule has 1 unspecified atom stereocenters. The van der Waals surface area contributed by atoms with Crippen LogP contribution in [0.15, 0.2) is 22.7 Å². The van der Waals surface area contributed by atoms with Gasteiger partial charge < -0.3 is 10.1 Å². The SMILES string of the molecule is Clc1cc(Br)ccc1C1COCCN1. The van der Waals surface area contributed by atoms with E-state index >= 15 is 0 Å². The zero-order valence-corrected chi connectivity index (χ0v) is 9.94. The van der Waals surface area contributed by atoms with Crippen LogP contribution in [0.25, 0.3) is 0 Å². The van der Waals surface area contributed by atoms with Crippen LogP contribution < -0.4 is 5.32 Å². The number of hydrogen-bond donors (Lipinski definition) is 1. The summed E-state index contributed by atoms with van der Waals surface area (Å²) in [6.07, 6.45) is 0. The summed E-state index contributed by atoms with van der Waals surface area (Å²) >= 11 is 9.52. The van der Waals surface area contributed by atoms with E-state index in [9.17, 15) is 0 Å². The summed E-state index contributed by atoms with van der Waals surface area (Å²) in [5.41, 5.74) is 1.11. The first-order chi connectivity index (χ1) is 6.77. The Balaban J connectivity index is 2.22. The van der Waals surface area contributed by atoms with Gasteiger partial charge in [0.1, 0.15) is 0 Å². The molecule has 1 aromatic rings. The molecule has 1 N–H and O–H groups in total. The van der Waals surface area contributed by atoms with Gasteiger partial charge in [-0.2, -0.15) is 0 Å². The Kier molecular flexibility index (Phi) is 3.44. The number of morpholine rings is 1. The first kappa shape index (κ1) is 10.4. The van der Waals surface area contributed by atoms with Gasteiger partial charge in [0.15, 0.2) is 0 Å². The molecule has 0 spiro atoms.